The summed E-state index contributed by atoms with van der Waals surface area (Å²) in [5.74, 6) is -2.03. The maximum atomic E-state index is 12.3. The van der Waals surface area contributed by atoms with Gasteiger partial charge >= 0.3 is 17.9 Å². The molecule has 0 aromatic carbocycles. The average molecular weight is 297 g/mol. The zero-order chi connectivity index (χ0) is 16.2. The summed E-state index contributed by atoms with van der Waals surface area (Å²) in [4.78, 5) is 39.2. The van der Waals surface area contributed by atoms with Crippen molar-refractivity contribution in [3.05, 3.63) is 22.0 Å². The van der Waals surface area contributed by atoms with Gasteiger partial charge in [0.1, 0.15) is 5.82 Å². The van der Waals surface area contributed by atoms with Crippen LogP contribution >= 0.6 is 0 Å². The van der Waals surface area contributed by atoms with E-state index in [0.29, 0.717) is 0 Å². The van der Waals surface area contributed by atoms with Crippen LogP contribution in [0.1, 0.15) is 5.56 Å². The molecule has 0 radical (unpaired) electrons. The molecule has 9 heteroatoms. The average Bonchev–Trinajstić information content (AvgIpc) is 2.48. The molecule has 1 heterocycles. The first-order chi connectivity index (χ1) is 9.87. The quantitative estimate of drug-likeness (QED) is 0.560. The number of aromatic nitrogens is 2. The lowest BCUT2D eigenvalue weighted by molar-refractivity contribution is -0.136. The minimum Gasteiger partial charge on any atom is -0.468 e. The second-order valence-electron chi connectivity index (χ2n) is 3.80. The summed E-state index contributed by atoms with van der Waals surface area (Å²) in [6.45, 7) is 0. The van der Waals surface area contributed by atoms with E-state index in [1.165, 1.54) is 14.2 Å². The fourth-order valence-corrected chi connectivity index (χ4v) is 1.55. The van der Waals surface area contributed by atoms with Crippen molar-refractivity contribution in [3.63, 3.8) is 0 Å². The SMILES string of the molecule is COC(=O)/C=C(/C(=O)OC)c1c(N)nc(OC)n(C)c1=O. The van der Waals surface area contributed by atoms with E-state index >= 15 is 0 Å². The minimum atomic E-state index is -0.920. The number of carbonyl (C=O) groups excluding carboxylic acids is 2. The highest BCUT2D eigenvalue weighted by Crippen LogP contribution is 2.19. The monoisotopic (exact) mass is 297 g/mol. The van der Waals surface area contributed by atoms with Gasteiger partial charge in [0.15, 0.2) is 0 Å². The minimum absolute atomic E-state index is 0.0384. The van der Waals surface area contributed by atoms with Crippen molar-refractivity contribution in [2.45, 2.75) is 0 Å². The Kier molecular flexibility index (Phi) is 5.06. The normalized spacial score (nSPS) is 11.0. The van der Waals surface area contributed by atoms with Gasteiger partial charge in [-0.3, -0.25) is 9.36 Å². The summed E-state index contributed by atoms with van der Waals surface area (Å²) in [5, 5.41) is 0. The summed E-state index contributed by atoms with van der Waals surface area (Å²) < 4.78 is 14.9. The largest absolute Gasteiger partial charge is 0.468 e. The van der Waals surface area contributed by atoms with Gasteiger partial charge in [-0.15, -0.1) is 0 Å². The van der Waals surface area contributed by atoms with Gasteiger partial charge < -0.3 is 19.9 Å². The fourth-order valence-electron chi connectivity index (χ4n) is 1.55. The molecule has 0 bridgehead atoms. The molecule has 2 N–H and O–H groups in total. The maximum Gasteiger partial charge on any atom is 0.339 e. The summed E-state index contributed by atoms with van der Waals surface area (Å²) in [7, 11) is 4.92. The molecular formula is C12H15N3O6. The number of nitrogens with zero attached hydrogens (tertiary/aromatic N) is 2. The number of carbonyl (C=O) groups is 2. The summed E-state index contributed by atoms with van der Waals surface area (Å²) in [5.41, 5.74) is 4.39. The number of nitrogen functional groups attached to an aromatic ring is 1. The van der Waals surface area contributed by atoms with Crippen LogP contribution in [0, 0.1) is 0 Å². The van der Waals surface area contributed by atoms with Crippen LogP contribution in [-0.2, 0) is 26.1 Å². The molecule has 0 saturated heterocycles. The first-order valence-corrected chi connectivity index (χ1v) is 5.66. The molecule has 1 rings (SSSR count). The van der Waals surface area contributed by atoms with E-state index in [4.69, 9.17) is 10.5 Å². The molecule has 0 atom stereocenters. The van der Waals surface area contributed by atoms with Crippen molar-refractivity contribution in [2.75, 3.05) is 27.1 Å². The van der Waals surface area contributed by atoms with Crippen molar-refractivity contribution in [1.29, 1.82) is 0 Å². The highest BCUT2D eigenvalue weighted by atomic mass is 16.5. The number of rotatable bonds is 4. The van der Waals surface area contributed by atoms with E-state index in [1.807, 2.05) is 0 Å². The summed E-state index contributed by atoms with van der Waals surface area (Å²) in [6, 6.07) is -0.0384. The fraction of sp³-hybridized carbons (Fsp3) is 0.333. The number of ether oxygens (including phenoxy) is 3. The Balaban J connectivity index is 3.64. The van der Waals surface area contributed by atoms with Gasteiger partial charge in [-0.05, 0) is 0 Å². The van der Waals surface area contributed by atoms with Crippen LogP contribution in [0.3, 0.4) is 0 Å². The number of methoxy groups -OCH3 is 3. The van der Waals surface area contributed by atoms with Crippen LogP contribution in [0.15, 0.2) is 10.9 Å². The first-order valence-electron chi connectivity index (χ1n) is 5.66. The maximum absolute atomic E-state index is 12.3. The van der Waals surface area contributed by atoms with E-state index in [0.717, 1.165) is 24.9 Å². The lowest BCUT2D eigenvalue weighted by Gasteiger charge is -2.11. The number of anilines is 1. The van der Waals surface area contributed by atoms with Crippen molar-refractivity contribution in [2.24, 2.45) is 7.05 Å². The third kappa shape index (κ3) is 3.19. The van der Waals surface area contributed by atoms with Gasteiger partial charge in [-0.1, -0.05) is 0 Å². The van der Waals surface area contributed by atoms with Gasteiger partial charge in [0.05, 0.1) is 32.5 Å². The number of nitrogens with two attached hydrogens (primary N) is 1. The van der Waals surface area contributed by atoms with Crippen LogP contribution in [0.4, 0.5) is 5.82 Å². The van der Waals surface area contributed by atoms with Crippen molar-refractivity contribution in [1.82, 2.24) is 9.55 Å². The Bertz CT molecular complexity index is 662. The molecule has 0 unspecified atom stereocenters. The molecule has 114 valence electrons. The lowest BCUT2D eigenvalue weighted by Crippen LogP contribution is -2.27. The second kappa shape index (κ2) is 6.55. The van der Waals surface area contributed by atoms with Crippen molar-refractivity contribution >= 4 is 23.3 Å². The molecule has 9 nitrogen and oxygen atoms in total. The Hall–Kier alpha value is -2.84. The highest BCUT2D eigenvalue weighted by Gasteiger charge is 2.24. The molecule has 1 aromatic rings. The molecule has 0 fully saturated rings. The molecule has 0 amide bonds. The third-order valence-electron chi connectivity index (χ3n) is 2.60. The molecule has 0 aliphatic rings. The molecular weight excluding hydrogens is 282 g/mol. The Labute approximate surface area is 119 Å². The Morgan fingerprint density at radius 2 is 1.86 bits per heavy atom. The van der Waals surface area contributed by atoms with Crippen LogP contribution in [-0.4, -0.2) is 42.8 Å². The van der Waals surface area contributed by atoms with Gasteiger partial charge in [0.25, 0.3) is 5.56 Å². The Morgan fingerprint density at radius 3 is 2.33 bits per heavy atom. The predicted molar refractivity (Wildman–Crippen MR) is 72.5 cm³/mol. The summed E-state index contributed by atoms with van der Waals surface area (Å²) >= 11 is 0. The Morgan fingerprint density at radius 1 is 1.24 bits per heavy atom. The van der Waals surface area contributed by atoms with Crippen LogP contribution < -0.4 is 16.0 Å². The number of hydrogen-bond acceptors (Lipinski definition) is 8. The van der Waals surface area contributed by atoms with Gasteiger partial charge in [0.2, 0.25) is 0 Å². The van der Waals surface area contributed by atoms with E-state index in [-0.39, 0.29) is 23.0 Å². The predicted octanol–water partition coefficient (Wildman–Crippen LogP) is -0.899. The topological polar surface area (TPSA) is 123 Å². The number of esters is 2. The van der Waals surface area contributed by atoms with Crippen LogP contribution in [0.2, 0.25) is 0 Å². The number of hydrogen-bond donors (Lipinski definition) is 1. The van der Waals surface area contributed by atoms with Crippen LogP contribution in [0.5, 0.6) is 6.01 Å². The van der Waals surface area contributed by atoms with Gasteiger partial charge in [-0.2, -0.15) is 4.98 Å². The first kappa shape index (κ1) is 16.2. The molecule has 0 aliphatic heterocycles. The van der Waals surface area contributed by atoms with Gasteiger partial charge in [-0.25, -0.2) is 9.59 Å². The van der Waals surface area contributed by atoms with Gasteiger partial charge in [0, 0.05) is 13.1 Å². The van der Waals surface area contributed by atoms with Crippen LogP contribution in [0.25, 0.3) is 5.57 Å². The van der Waals surface area contributed by atoms with Crippen molar-refractivity contribution < 1.29 is 23.8 Å². The van der Waals surface area contributed by atoms with E-state index in [9.17, 15) is 14.4 Å². The second-order valence-corrected chi connectivity index (χ2v) is 3.80. The molecule has 21 heavy (non-hydrogen) atoms. The molecule has 0 aliphatic carbocycles. The zero-order valence-electron chi connectivity index (χ0n) is 12.0. The highest BCUT2D eigenvalue weighted by molar-refractivity contribution is 6.21. The lowest BCUT2D eigenvalue weighted by atomic mass is 10.1. The van der Waals surface area contributed by atoms with E-state index in [2.05, 4.69) is 14.5 Å². The zero-order valence-corrected chi connectivity index (χ0v) is 12.0. The van der Waals surface area contributed by atoms with Crippen molar-refractivity contribution in [3.8, 4) is 6.01 Å². The molecule has 0 spiro atoms. The third-order valence-corrected chi connectivity index (χ3v) is 2.60. The standard InChI is InChI=1S/C12H15N3O6/c1-15-10(17)8(9(13)14-12(15)21-4)6(11(18)20-3)5-7(16)19-2/h5H,13H2,1-4H3/b6-5+. The van der Waals surface area contributed by atoms with E-state index < -0.39 is 17.5 Å². The summed E-state index contributed by atoms with van der Waals surface area (Å²) in [6.07, 6.45) is 0.813. The molecule has 0 saturated carbocycles. The van der Waals surface area contributed by atoms with E-state index in [1.54, 1.807) is 0 Å². The molecule has 1 aromatic heterocycles. The smallest absolute Gasteiger partial charge is 0.339 e.